The lowest BCUT2D eigenvalue weighted by Gasteiger charge is -2.20. The lowest BCUT2D eigenvalue weighted by atomic mass is 10.1. The molecule has 2 rings (SSSR count). The standard InChI is InChI=1S/C13H12BrNO4/c1-7-4-3-5-8-10(7)15(12(17)11(8)16)6-9(14)13(18)19-2/h3-5,9H,6H2,1-2H3. The molecule has 0 aromatic heterocycles. The van der Waals surface area contributed by atoms with Crippen LogP contribution in [0.2, 0.25) is 0 Å². The number of para-hydroxylation sites is 1. The van der Waals surface area contributed by atoms with Crippen molar-refractivity contribution < 1.29 is 19.1 Å². The van der Waals surface area contributed by atoms with E-state index in [1.165, 1.54) is 12.0 Å². The van der Waals surface area contributed by atoms with Crippen molar-refractivity contribution in [1.82, 2.24) is 0 Å². The van der Waals surface area contributed by atoms with Crippen molar-refractivity contribution in [2.45, 2.75) is 11.8 Å². The molecular weight excluding hydrogens is 314 g/mol. The summed E-state index contributed by atoms with van der Waals surface area (Å²) in [6, 6.07) is 5.16. The summed E-state index contributed by atoms with van der Waals surface area (Å²) in [4.78, 5) is 35.9. The number of benzene rings is 1. The van der Waals surface area contributed by atoms with Crippen molar-refractivity contribution in [3.05, 3.63) is 29.3 Å². The Labute approximate surface area is 118 Å². The average molecular weight is 326 g/mol. The van der Waals surface area contributed by atoms with E-state index >= 15 is 0 Å². The monoisotopic (exact) mass is 325 g/mol. The van der Waals surface area contributed by atoms with E-state index in [0.717, 1.165) is 5.56 Å². The Morgan fingerprint density at radius 3 is 2.74 bits per heavy atom. The highest BCUT2D eigenvalue weighted by molar-refractivity contribution is 9.10. The second-order valence-electron chi connectivity index (χ2n) is 4.21. The van der Waals surface area contributed by atoms with Gasteiger partial charge in [-0.1, -0.05) is 28.1 Å². The van der Waals surface area contributed by atoms with Gasteiger partial charge in [0.25, 0.3) is 11.7 Å². The first-order valence-electron chi connectivity index (χ1n) is 5.65. The molecule has 0 radical (unpaired) electrons. The number of alkyl halides is 1. The Bertz CT molecular complexity index is 570. The number of fused-ring (bicyclic) bond motifs is 1. The molecule has 1 amide bonds. The van der Waals surface area contributed by atoms with Gasteiger partial charge in [-0.05, 0) is 18.6 Å². The van der Waals surface area contributed by atoms with E-state index in [2.05, 4.69) is 20.7 Å². The molecule has 100 valence electrons. The van der Waals surface area contributed by atoms with E-state index in [1.807, 2.05) is 13.0 Å². The van der Waals surface area contributed by atoms with Crippen LogP contribution in [0.3, 0.4) is 0 Å². The number of nitrogens with zero attached hydrogens (tertiary/aromatic N) is 1. The fourth-order valence-electron chi connectivity index (χ4n) is 2.08. The molecule has 1 aliphatic heterocycles. The molecular formula is C13H12BrNO4. The van der Waals surface area contributed by atoms with Crippen molar-refractivity contribution in [3.8, 4) is 0 Å². The number of carbonyl (C=O) groups excluding carboxylic acids is 3. The molecule has 6 heteroatoms. The molecule has 5 nitrogen and oxygen atoms in total. The van der Waals surface area contributed by atoms with Crippen molar-refractivity contribution in [1.29, 1.82) is 0 Å². The Morgan fingerprint density at radius 1 is 1.42 bits per heavy atom. The van der Waals surface area contributed by atoms with Gasteiger partial charge in [-0.2, -0.15) is 0 Å². The number of rotatable bonds is 3. The third-order valence-electron chi connectivity index (χ3n) is 2.99. The zero-order valence-corrected chi connectivity index (χ0v) is 12.1. The number of esters is 1. The Balaban J connectivity index is 2.36. The maximum atomic E-state index is 12.0. The second-order valence-corrected chi connectivity index (χ2v) is 5.31. The van der Waals surface area contributed by atoms with Gasteiger partial charge in [0.2, 0.25) is 0 Å². The van der Waals surface area contributed by atoms with Gasteiger partial charge in [-0.15, -0.1) is 0 Å². The molecule has 1 unspecified atom stereocenters. The number of hydrogen-bond donors (Lipinski definition) is 0. The summed E-state index contributed by atoms with van der Waals surface area (Å²) in [5.41, 5.74) is 1.78. The van der Waals surface area contributed by atoms with Crippen molar-refractivity contribution >= 4 is 39.3 Å². The highest BCUT2D eigenvalue weighted by Gasteiger charge is 2.38. The van der Waals surface area contributed by atoms with Crippen LogP contribution in [-0.4, -0.2) is 36.1 Å². The van der Waals surface area contributed by atoms with Gasteiger partial charge in [-0.3, -0.25) is 14.4 Å². The number of amides is 1. The van der Waals surface area contributed by atoms with E-state index < -0.39 is 22.5 Å². The van der Waals surface area contributed by atoms with Gasteiger partial charge >= 0.3 is 5.97 Å². The first-order valence-corrected chi connectivity index (χ1v) is 6.56. The number of hydrogen-bond acceptors (Lipinski definition) is 4. The summed E-state index contributed by atoms with van der Waals surface area (Å²) < 4.78 is 4.59. The number of aryl methyl sites for hydroxylation is 1. The van der Waals surface area contributed by atoms with Gasteiger partial charge < -0.3 is 9.64 Å². The molecule has 1 aliphatic rings. The number of ether oxygens (including phenoxy) is 1. The Hall–Kier alpha value is -1.69. The van der Waals surface area contributed by atoms with Crippen molar-refractivity contribution in [3.63, 3.8) is 0 Å². The lowest BCUT2D eigenvalue weighted by molar-refractivity contribution is -0.139. The molecule has 19 heavy (non-hydrogen) atoms. The average Bonchev–Trinajstić information content (AvgIpc) is 2.64. The van der Waals surface area contributed by atoms with Crippen LogP contribution in [0.4, 0.5) is 5.69 Å². The minimum Gasteiger partial charge on any atom is -0.468 e. The fourth-order valence-corrected chi connectivity index (χ4v) is 2.55. The van der Waals surface area contributed by atoms with Crippen LogP contribution in [-0.2, 0) is 14.3 Å². The Morgan fingerprint density at radius 2 is 2.11 bits per heavy atom. The number of methoxy groups -OCH3 is 1. The van der Waals surface area contributed by atoms with Crippen LogP contribution >= 0.6 is 15.9 Å². The summed E-state index contributed by atoms with van der Waals surface area (Å²) in [6.45, 7) is 1.88. The van der Waals surface area contributed by atoms with E-state index in [-0.39, 0.29) is 6.54 Å². The molecule has 1 heterocycles. The highest BCUT2D eigenvalue weighted by atomic mass is 79.9. The third kappa shape index (κ3) is 2.28. The molecule has 1 atom stereocenters. The quantitative estimate of drug-likeness (QED) is 0.479. The van der Waals surface area contributed by atoms with Crippen LogP contribution in [0.5, 0.6) is 0 Å². The van der Waals surface area contributed by atoms with Crippen LogP contribution in [0.1, 0.15) is 15.9 Å². The number of carbonyl (C=O) groups is 3. The molecule has 0 aliphatic carbocycles. The van der Waals surface area contributed by atoms with Gasteiger partial charge in [-0.25, -0.2) is 0 Å². The van der Waals surface area contributed by atoms with E-state index in [4.69, 9.17) is 0 Å². The summed E-state index contributed by atoms with van der Waals surface area (Å²) in [6.07, 6.45) is 0. The highest BCUT2D eigenvalue weighted by Crippen LogP contribution is 2.32. The maximum absolute atomic E-state index is 12.0. The van der Waals surface area contributed by atoms with Crippen LogP contribution in [0.15, 0.2) is 18.2 Å². The van der Waals surface area contributed by atoms with Crippen LogP contribution < -0.4 is 4.90 Å². The number of ketones is 1. The summed E-state index contributed by atoms with van der Waals surface area (Å²) >= 11 is 3.16. The van der Waals surface area contributed by atoms with Crippen molar-refractivity contribution in [2.24, 2.45) is 0 Å². The van der Waals surface area contributed by atoms with E-state index in [1.54, 1.807) is 12.1 Å². The summed E-state index contributed by atoms with van der Waals surface area (Å²) in [5, 5.41) is 0. The molecule has 1 aromatic rings. The van der Waals surface area contributed by atoms with Gasteiger partial charge in [0.15, 0.2) is 0 Å². The topological polar surface area (TPSA) is 63.7 Å². The first kappa shape index (κ1) is 13.7. The van der Waals surface area contributed by atoms with Gasteiger partial charge in [0.05, 0.1) is 18.4 Å². The number of anilines is 1. The molecule has 0 N–H and O–H groups in total. The predicted molar refractivity (Wildman–Crippen MR) is 72.6 cm³/mol. The molecule has 0 spiro atoms. The molecule has 0 saturated heterocycles. The predicted octanol–water partition coefficient (Wildman–Crippen LogP) is 1.46. The van der Waals surface area contributed by atoms with Crippen LogP contribution in [0.25, 0.3) is 0 Å². The summed E-state index contributed by atoms with van der Waals surface area (Å²) in [5.74, 6) is -1.64. The van der Waals surface area contributed by atoms with Gasteiger partial charge in [0, 0.05) is 6.54 Å². The smallest absolute Gasteiger partial charge is 0.321 e. The van der Waals surface area contributed by atoms with E-state index in [0.29, 0.717) is 11.3 Å². The van der Waals surface area contributed by atoms with Gasteiger partial charge in [0.1, 0.15) is 4.83 Å². The molecule has 1 aromatic carbocycles. The van der Waals surface area contributed by atoms with Crippen LogP contribution in [0, 0.1) is 6.92 Å². The third-order valence-corrected chi connectivity index (χ3v) is 3.65. The van der Waals surface area contributed by atoms with Crippen molar-refractivity contribution in [2.75, 3.05) is 18.6 Å². The second kappa shape index (κ2) is 5.13. The minimum absolute atomic E-state index is 0.0646. The first-order chi connectivity index (χ1) is 8.97. The Kier molecular flexibility index (Phi) is 3.71. The molecule has 0 bridgehead atoms. The van der Waals surface area contributed by atoms with E-state index in [9.17, 15) is 14.4 Å². The zero-order chi connectivity index (χ0) is 14.2. The molecule has 0 saturated carbocycles. The SMILES string of the molecule is COC(=O)C(Br)CN1C(=O)C(=O)c2cccc(C)c21. The lowest BCUT2D eigenvalue weighted by Crippen LogP contribution is -2.38. The zero-order valence-electron chi connectivity index (χ0n) is 10.5. The largest absolute Gasteiger partial charge is 0.468 e. The molecule has 0 fully saturated rings. The fraction of sp³-hybridized carbons (Fsp3) is 0.308. The minimum atomic E-state index is -0.667. The number of halogens is 1. The maximum Gasteiger partial charge on any atom is 0.321 e. The summed E-state index contributed by atoms with van der Waals surface area (Å²) in [7, 11) is 1.27. The number of Topliss-reactive ketones (excluding diaryl/α,β-unsaturated/α-hetero) is 1. The normalized spacial score (nSPS) is 15.4.